The van der Waals surface area contributed by atoms with Crippen LogP contribution in [0.3, 0.4) is 0 Å². The molecule has 47 heavy (non-hydrogen) atoms. The topological polar surface area (TPSA) is 83.4 Å². The lowest BCUT2D eigenvalue weighted by Crippen LogP contribution is -2.42. The van der Waals surface area contributed by atoms with Gasteiger partial charge in [-0.25, -0.2) is 9.97 Å². The second-order valence-electron chi connectivity index (χ2n) is 12.8. The minimum absolute atomic E-state index is 0.122. The number of alkyl halides is 3. The van der Waals surface area contributed by atoms with Crippen LogP contribution in [0.2, 0.25) is 0 Å². The Labute approximate surface area is 273 Å². The molecule has 2 aliphatic heterocycles. The van der Waals surface area contributed by atoms with E-state index in [1.807, 2.05) is 24.1 Å². The van der Waals surface area contributed by atoms with Crippen molar-refractivity contribution in [2.45, 2.75) is 71.6 Å². The Hall–Kier alpha value is -4.42. The lowest BCUT2D eigenvalue weighted by Gasteiger charge is -2.33. The molecule has 0 amide bonds. The maximum Gasteiger partial charge on any atom is 0.416 e. The van der Waals surface area contributed by atoms with Gasteiger partial charge >= 0.3 is 12.2 Å². The lowest BCUT2D eigenvalue weighted by molar-refractivity contribution is -0.137. The van der Waals surface area contributed by atoms with Crippen molar-refractivity contribution in [3.05, 3.63) is 89.6 Å². The molecule has 1 saturated heterocycles. The molecular weight excluding hydrogens is 605 g/mol. The molecule has 2 aromatic carbocycles. The van der Waals surface area contributed by atoms with Crippen LogP contribution < -0.4 is 15.7 Å². The van der Waals surface area contributed by atoms with Crippen LogP contribution in [0, 0.1) is 6.92 Å². The third-order valence-corrected chi connectivity index (χ3v) is 8.78. The zero-order valence-electron chi connectivity index (χ0n) is 27.3. The second-order valence-corrected chi connectivity index (χ2v) is 12.8. The highest BCUT2D eigenvalue weighted by atomic mass is 19.4. The van der Waals surface area contributed by atoms with Gasteiger partial charge < -0.3 is 14.7 Å². The fourth-order valence-corrected chi connectivity index (χ4v) is 5.95. The Morgan fingerprint density at radius 1 is 0.979 bits per heavy atom. The number of nitrogens with one attached hydrogen (secondary N) is 2. The molecule has 0 radical (unpaired) electrons. The van der Waals surface area contributed by atoms with Crippen LogP contribution in [-0.2, 0) is 6.18 Å². The number of nitrogens with zero attached hydrogens (tertiary/aromatic N) is 6. The summed E-state index contributed by atoms with van der Waals surface area (Å²) in [6, 6.07) is 13.7. The fourth-order valence-electron chi connectivity index (χ4n) is 5.95. The quantitative estimate of drug-likeness (QED) is 0.194. The summed E-state index contributed by atoms with van der Waals surface area (Å²) in [6.07, 6.45) is 2.86. The zero-order chi connectivity index (χ0) is 33.3. The molecule has 0 aliphatic carbocycles. The van der Waals surface area contributed by atoms with E-state index in [0.717, 1.165) is 67.1 Å². The van der Waals surface area contributed by atoms with Crippen LogP contribution in [0.25, 0.3) is 22.6 Å². The van der Waals surface area contributed by atoms with Gasteiger partial charge in [0, 0.05) is 49.7 Å². The van der Waals surface area contributed by atoms with Gasteiger partial charge in [0.1, 0.15) is 5.75 Å². The molecule has 1 fully saturated rings. The summed E-state index contributed by atoms with van der Waals surface area (Å²) in [5.74, 6) is 1.01. The molecule has 6 rings (SSSR count). The largest absolute Gasteiger partial charge is 0.424 e. The Kier molecular flexibility index (Phi) is 9.25. The molecule has 248 valence electrons. The number of hydrogen-bond acceptors (Lipinski definition) is 8. The van der Waals surface area contributed by atoms with Crippen LogP contribution in [-0.4, -0.2) is 55.1 Å². The molecule has 2 aromatic heterocycles. The number of hydrazine groups is 2. The highest BCUT2D eigenvalue weighted by Gasteiger charge is 2.31. The predicted octanol–water partition coefficient (Wildman–Crippen LogP) is 7.46. The molecule has 0 spiro atoms. The van der Waals surface area contributed by atoms with Crippen LogP contribution in [0.4, 0.5) is 13.2 Å². The average Bonchev–Trinajstić information content (AvgIpc) is 3.70. The van der Waals surface area contributed by atoms with Crippen molar-refractivity contribution in [3.8, 4) is 34.4 Å². The number of halogens is 3. The van der Waals surface area contributed by atoms with Crippen LogP contribution in [0.15, 0.2) is 73.0 Å². The van der Waals surface area contributed by atoms with Crippen molar-refractivity contribution in [2.24, 2.45) is 0 Å². The van der Waals surface area contributed by atoms with E-state index < -0.39 is 11.7 Å². The van der Waals surface area contributed by atoms with Gasteiger partial charge in [-0.2, -0.15) is 18.2 Å². The average molecular weight is 647 g/mol. The highest BCUT2D eigenvalue weighted by molar-refractivity contribution is 5.77. The molecule has 0 bridgehead atoms. The summed E-state index contributed by atoms with van der Waals surface area (Å²) in [5, 5.41) is 2.05. The maximum absolute atomic E-state index is 13.4. The van der Waals surface area contributed by atoms with Gasteiger partial charge in [0.15, 0.2) is 0 Å². The molecular formula is C35H41F3N8O. The first-order valence-corrected chi connectivity index (χ1v) is 16.1. The second kappa shape index (κ2) is 13.4. The zero-order valence-corrected chi connectivity index (χ0v) is 27.3. The van der Waals surface area contributed by atoms with Crippen molar-refractivity contribution in [1.29, 1.82) is 0 Å². The number of aryl methyl sites for hydroxylation is 1. The van der Waals surface area contributed by atoms with Crippen LogP contribution >= 0.6 is 0 Å². The summed E-state index contributed by atoms with van der Waals surface area (Å²) in [7, 11) is 0. The highest BCUT2D eigenvalue weighted by Crippen LogP contribution is 2.38. The summed E-state index contributed by atoms with van der Waals surface area (Å²) in [4.78, 5) is 16.4. The van der Waals surface area contributed by atoms with Gasteiger partial charge in [-0.1, -0.05) is 38.1 Å². The molecule has 4 heterocycles. The molecule has 2 N–H and O–H groups in total. The number of hydrogen-bond donors (Lipinski definition) is 2. The number of benzene rings is 2. The van der Waals surface area contributed by atoms with Gasteiger partial charge in [-0.3, -0.25) is 9.91 Å². The molecule has 2 aliphatic rings. The predicted molar refractivity (Wildman–Crippen MR) is 175 cm³/mol. The van der Waals surface area contributed by atoms with Gasteiger partial charge in [-0.15, -0.1) is 5.53 Å². The van der Waals surface area contributed by atoms with E-state index in [2.05, 4.69) is 65.4 Å². The SMILES string of the molecule is Cc1ccc(C(C)C)cc1Oc1nccc(-c2c(-c3ccc(C(F)(F)F)cc3)ncn2C2CCN(CC3=CN(C(C)C)NN3)CC2)n1. The summed E-state index contributed by atoms with van der Waals surface area (Å²) < 4.78 is 48.5. The van der Waals surface area contributed by atoms with E-state index in [1.54, 1.807) is 18.6 Å². The summed E-state index contributed by atoms with van der Waals surface area (Å²) >= 11 is 0. The van der Waals surface area contributed by atoms with E-state index in [4.69, 9.17) is 14.7 Å². The van der Waals surface area contributed by atoms with Gasteiger partial charge in [0.05, 0.1) is 34.7 Å². The van der Waals surface area contributed by atoms with Crippen molar-refractivity contribution in [2.75, 3.05) is 19.6 Å². The van der Waals surface area contributed by atoms with Crippen LogP contribution in [0.1, 0.15) is 69.2 Å². The lowest BCUT2D eigenvalue weighted by atomic mass is 10.0. The normalized spacial score (nSPS) is 16.2. The van der Waals surface area contributed by atoms with Gasteiger partial charge in [-0.05, 0) is 74.9 Å². The van der Waals surface area contributed by atoms with E-state index in [9.17, 15) is 13.2 Å². The molecule has 4 aromatic rings. The number of rotatable bonds is 9. The van der Waals surface area contributed by atoms with Crippen molar-refractivity contribution in [3.63, 3.8) is 0 Å². The van der Waals surface area contributed by atoms with Crippen molar-refractivity contribution in [1.82, 2.24) is 40.4 Å². The minimum Gasteiger partial charge on any atom is -0.424 e. The number of ether oxygens (including phenoxy) is 1. The number of aromatic nitrogens is 4. The first-order chi connectivity index (χ1) is 22.5. The van der Waals surface area contributed by atoms with Crippen LogP contribution in [0.5, 0.6) is 11.8 Å². The fraction of sp³-hybridized carbons (Fsp3) is 0.400. The standard InChI is InChI=1S/C35H41F3N8O/c1-22(2)26-7-6-24(5)31(18-26)47-34-39-15-12-30(41-34)33-32(25-8-10-27(11-9-25)35(36,37)38)40-21-45(33)29-13-16-44(17-14-29)19-28-20-46(23(3)4)43-42-28/h6-12,15,18,20-23,29,42-43H,13-14,16-17,19H2,1-5H3. The summed E-state index contributed by atoms with van der Waals surface area (Å²) in [6.45, 7) is 13.0. The van der Waals surface area contributed by atoms with E-state index in [0.29, 0.717) is 34.7 Å². The monoisotopic (exact) mass is 646 g/mol. The summed E-state index contributed by atoms with van der Waals surface area (Å²) in [5.41, 5.74) is 11.4. The van der Waals surface area contributed by atoms with E-state index >= 15 is 0 Å². The van der Waals surface area contributed by atoms with Gasteiger partial charge in [0.25, 0.3) is 0 Å². The van der Waals surface area contributed by atoms with Gasteiger partial charge in [0.2, 0.25) is 0 Å². The number of piperidine rings is 1. The Bertz CT molecular complexity index is 1720. The maximum atomic E-state index is 13.4. The molecule has 9 nitrogen and oxygen atoms in total. The third-order valence-electron chi connectivity index (χ3n) is 8.78. The smallest absolute Gasteiger partial charge is 0.416 e. The first-order valence-electron chi connectivity index (χ1n) is 16.1. The Morgan fingerprint density at radius 2 is 1.72 bits per heavy atom. The Morgan fingerprint density at radius 3 is 2.38 bits per heavy atom. The van der Waals surface area contributed by atoms with E-state index in [1.165, 1.54) is 12.1 Å². The molecule has 0 unspecified atom stereocenters. The van der Waals surface area contributed by atoms with Crippen molar-refractivity contribution >= 4 is 0 Å². The van der Waals surface area contributed by atoms with Crippen molar-refractivity contribution < 1.29 is 17.9 Å². The number of likely N-dealkylation sites (tertiary alicyclic amines) is 1. The third kappa shape index (κ3) is 7.28. The minimum atomic E-state index is -4.42. The first kappa shape index (κ1) is 32.5. The number of imidazole rings is 1. The molecule has 0 atom stereocenters. The Balaban J connectivity index is 1.30. The van der Waals surface area contributed by atoms with E-state index in [-0.39, 0.29) is 12.1 Å². The molecule has 12 heteroatoms. The molecule has 0 saturated carbocycles.